The smallest absolute Gasteiger partial charge is 0.145 e. The quantitative estimate of drug-likeness (QED) is 0.187. The van der Waals surface area contributed by atoms with E-state index in [0.717, 1.165) is 11.3 Å². The number of hydrogen-bond acceptors (Lipinski definition) is 3. The standard InChI is InChI=1S/C53H42N2S/c1-34-18-19-40(37-20-22-38(23-21-37)41-28-29-43-42-14-6-8-16-46(42)53(47(43)33-41)30-10-3-11-31-53)32-45(34)50-51-49(44-15-7-9-17-48(44)56-51)54-52(55-50)39-26-24-36(25-27-39)35-12-4-2-5-13-35/h2,4-9,12-29,32-33,52,54H,3,10-11,30-31H2,1H3. The molecule has 2 nitrogen and oxygen atoms in total. The van der Waals surface area contributed by atoms with Crippen molar-refractivity contribution in [1.82, 2.24) is 0 Å². The molecule has 1 unspecified atom stereocenters. The summed E-state index contributed by atoms with van der Waals surface area (Å²) in [4.78, 5) is 6.71. The lowest BCUT2D eigenvalue weighted by Crippen LogP contribution is -2.28. The number of nitrogens with one attached hydrogen (secondary N) is 1. The number of nitrogens with zero attached hydrogens (tertiary/aromatic N) is 1. The monoisotopic (exact) mass is 738 g/mol. The van der Waals surface area contributed by atoms with E-state index in [4.69, 9.17) is 4.99 Å². The van der Waals surface area contributed by atoms with E-state index in [1.807, 2.05) is 11.3 Å². The van der Waals surface area contributed by atoms with E-state index in [1.165, 1.54) is 114 Å². The molecule has 11 rings (SSSR count). The summed E-state index contributed by atoms with van der Waals surface area (Å²) in [5.41, 5.74) is 19.3. The number of anilines is 1. The fourth-order valence-electron chi connectivity index (χ4n) is 9.79. The van der Waals surface area contributed by atoms with Gasteiger partial charge in [0, 0.05) is 21.1 Å². The van der Waals surface area contributed by atoms with E-state index in [1.54, 1.807) is 5.56 Å². The van der Waals surface area contributed by atoms with Gasteiger partial charge in [-0.05, 0) is 105 Å². The van der Waals surface area contributed by atoms with Crippen molar-refractivity contribution in [3.63, 3.8) is 0 Å². The van der Waals surface area contributed by atoms with E-state index in [0.29, 0.717) is 0 Å². The SMILES string of the molecule is Cc1ccc(-c2ccc(-c3ccc4c(c3)C3(CCCCC3)c3ccccc3-4)cc2)cc1C1=NC(c2ccc(-c3ccccc3)cc2)Nc2c1sc1ccccc21. The predicted molar refractivity (Wildman–Crippen MR) is 237 cm³/mol. The third-order valence-electron chi connectivity index (χ3n) is 12.7. The van der Waals surface area contributed by atoms with Crippen molar-refractivity contribution in [3.8, 4) is 44.5 Å². The fraction of sp³-hybridized carbons (Fsp3) is 0.151. The van der Waals surface area contributed by atoms with E-state index in [2.05, 4.69) is 176 Å². The van der Waals surface area contributed by atoms with Crippen molar-refractivity contribution in [3.05, 3.63) is 196 Å². The van der Waals surface area contributed by atoms with Gasteiger partial charge in [0.1, 0.15) is 6.17 Å². The number of rotatable bonds is 5. The van der Waals surface area contributed by atoms with Gasteiger partial charge in [0.05, 0.1) is 16.3 Å². The van der Waals surface area contributed by atoms with Crippen molar-refractivity contribution in [2.24, 2.45) is 4.99 Å². The lowest BCUT2D eigenvalue weighted by Gasteiger charge is -2.36. The van der Waals surface area contributed by atoms with Gasteiger partial charge in [-0.2, -0.15) is 0 Å². The van der Waals surface area contributed by atoms with Crippen molar-refractivity contribution in [2.75, 3.05) is 5.32 Å². The highest BCUT2D eigenvalue weighted by atomic mass is 32.1. The summed E-state index contributed by atoms with van der Waals surface area (Å²) in [6.07, 6.45) is 6.26. The van der Waals surface area contributed by atoms with Crippen molar-refractivity contribution >= 4 is 32.8 Å². The van der Waals surface area contributed by atoms with Gasteiger partial charge >= 0.3 is 0 Å². The maximum Gasteiger partial charge on any atom is 0.145 e. The highest BCUT2D eigenvalue weighted by Gasteiger charge is 2.43. The second kappa shape index (κ2) is 13.3. The van der Waals surface area contributed by atoms with E-state index < -0.39 is 0 Å². The van der Waals surface area contributed by atoms with Gasteiger partial charge in [-0.1, -0.05) is 165 Å². The minimum Gasteiger partial charge on any atom is -0.358 e. The Hall–Kier alpha value is -6.03. The minimum atomic E-state index is -0.199. The summed E-state index contributed by atoms with van der Waals surface area (Å²) < 4.78 is 1.27. The summed E-state index contributed by atoms with van der Waals surface area (Å²) in [6, 6.07) is 60.7. The molecule has 56 heavy (non-hydrogen) atoms. The molecule has 1 fully saturated rings. The topological polar surface area (TPSA) is 24.4 Å². The Morgan fingerprint density at radius 2 is 1.14 bits per heavy atom. The number of aliphatic imine (C=N–C) groups is 1. The Balaban J connectivity index is 0.949. The summed E-state index contributed by atoms with van der Waals surface area (Å²) in [5, 5.41) is 5.10. The van der Waals surface area contributed by atoms with Crippen LogP contribution in [-0.4, -0.2) is 5.71 Å². The van der Waals surface area contributed by atoms with Gasteiger partial charge < -0.3 is 5.32 Å². The molecule has 270 valence electrons. The van der Waals surface area contributed by atoms with Crippen molar-refractivity contribution < 1.29 is 0 Å². The Morgan fingerprint density at radius 1 is 0.536 bits per heavy atom. The van der Waals surface area contributed by atoms with Crippen LogP contribution < -0.4 is 5.32 Å². The normalized spacial score (nSPS) is 16.5. The molecule has 3 aliphatic rings. The zero-order valence-electron chi connectivity index (χ0n) is 31.6. The molecule has 0 amide bonds. The van der Waals surface area contributed by atoms with Crippen LogP contribution in [0.25, 0.3) is 54.6 Å². The summed E-state index contributed by atoms with van der Waals surface area (Å²) in [6.45, 7) is 2.22. The molecule has 1 aromatic heterocycles. The molecule has 0 saturated heterocycles. The molecule has 1 atom stereocenters. The predicted octanol–water partition coefficient (Wildman–Crippen LogP) is 14.4. The molecule has 1 spiro atoms. The summed E-state index contributed by atoms with van der Waals surface area (Å²) >= 11 is 1.83. The maximum absolute atomic E-state index is 5.51. The van der Waals surface area contributed by atoms with E-state index >= 15 is 0 Å². The molecular formula is C53H42N2S. The van der Waals surface area contributed by atoms with Crippen LogP contribution in [0.5, 0.6) is 0 Å². The first-order valence-electron chi connectivity index (χ1n) is 20.1. The molecule has 7 aromatic carbocycles. The number of aryl methyl sites for hydroxylation is 1. The van der Waals surface area contributed by atoms with Crippen LogP contribution in [0.4, 0.5) is 5.69 Å². The first kappa shape index (κ1) is 33.3. The third-order valence-corrected chi connectivity index (χ3v) is 13.9. The molecule has 1 saturated carbocycles. The van der Waals surface area contributed by atoms with Crippen molar-refractivity contribution in [1.29, 1.82) is 0 Å². The molecule has 8 aromatic rings. The zero-order chi connectivity index (χ0) is 37.2. The fourth-order valence-corrected chi connectivity index (χ4v) is 11.0. The Kier molecular flexibility index (Phi) is 7.93. The van der Waals surface area contributed by atoms with Crippen LogP contribution in [0.3, 0.4) is 0 Å². The molecule has 0 bridgehead atoms. The third kappa shape index (κ3) is 5.40. The second-order valence-corrected chi connectivity index (χ2v) is 16.9. The second-order valence-electron chi connectivity index (χ2n) is 15.9. The molecule has 0 radical (unpaired) electrons. The van der Waals surface area contributed by atoms with Crippen LogP contribution in [0.15, 0.2) is 169 Å². The Bertz CT molecular complexity index is 2800. The Labute approximate surface area is 333 Å². The zero-order valence-corrected chi connectivity index (χ0v) is 32.4. The molecule has 2 heterocycles. The lowest BCUT2D eigenvalue weighted by atomic mass is 9.67. The largest absolute Gasteiger partial charge is 0.358 e. The van der Waals surface area contributed by atoms with Gasteiger partial charge in [-0.15, -0.1) is 11.3 Å². The number of benzene rings is 7. The molecule has 1 aliphatic heterocycles. The summed E-state index contributed by atoms with van der Waals surface area (Å²) in [5.74, 6) is 0. The average molecular weight is 739 g/mol. The van der Waals surface area contributed by atoms with Crippen LogP contribution in [0.1, 0.15) is 71.0 Å². The maximum atomic E-state index is 5.51. The van der Waals surface area contributed by atoms with Gasteiger partial charge in [0.25, 0.3) is 0 Å². The highest BCUT2D eigenvalue weighted by molar-refractivity contribution is 7.22. The average Bonchev–Trinajstić information content (AvgIpc) is 3.77. The molecular weight excluding hydrogens is 697 g/mol. The molecule has 2 aliphatic carbocycles. The van der Waals surface area contributed by atoms with E-state index in [-0.39, 0.29) is 11.6 Å². The highest BCUT2D eigenvalue weighted by Crippen LogP contribution is 2.56. The van der Waals surface area contributed by atoms with Crippen LogP contribution in [0.2, 0.25) is 0 Å². The van der Waals surface area contributed by atoms with Gasteiger partial charge in [-0.25, -0.2) is 0 Å². The number of fused-ring (bicyclic) bond motifs is 8. The first-order valence-corrected chi connectivity index (χ1v) is 20.9. The van der Waals surface area contributed by atoms with E-state index in [9.17, 15) is 0 Å². The van der Waals surface area contributed by atoms with Crippen LogP contribution in [0, 0.1) is 6.92 Å². The van der Waals surface area contributed by atoms with Gasteiger partial charge in [0.2, 0.25) is 0 Å². The van der Waals surface area contributed by atoms with Crippen molar-refractivity contribution in [2.45, 2.75) is 50.6 Å². The minimum absolute atomic E-state index is 0.161. The molecule has 1 N–H and O–H groups in total. The summed E-state index contributed by atoms with van der Waals surface area (Å²) in [7, 11) is 0. The first-order chi connectivity index (χ1) is 27.6. The van der Waals surface area contributed by atoms with Gasteiger partial charge in [-0.3, -0.25) is 4.99 Å². The Morgan fingerprint density at radius 3 is 1.95 bits per heavy atom. The van der Waals surface area contributed by atoms with Crippen LogP contribution >= 0.6 is 11.3 Å². The van der Waals surface area contributed by atoms with Gasteiger partial charge in [0.15, 0.2) is 0 Å². The lowest BCUT2D eigenvalue weighted by molar-refractivity contribution is 0.353. The number of thiophene rings is 1. The molecule has 3 heteroatoms. The number of hydrogen-bond donors (Lipinski definition) is 1. The van der Waals surface area contributed by atoms with Crippen LogP contribution in [-0.2, 0) is 5.41 Å².